The maximum atomic E-state index is 12.7. The zero-order valence-electron chi connectivity index (χ0n) is 16.6. The minimum Gasteiger partial charge on any atom is -0.495 e. The van der Waals surface area contributed by atoms with Gasteiger partial charge < -0.3 is 15.4 Å². The second-order valence-corrected chi connectivity index (χ2v) is 7.51. The van der Waals surface area contributed by atoms with Gasteiger partial charge >= 0.3 is 0 Å². The van der Waals surface area contributed by atoms with Gasteiger partial charge in [0.15, 0.2) is 0 Å². The van der Waals surface area contributed by atoms with Crippen molar-refractivity contribution in [2.45, 2.75) is 26.2 Å². The van der Waals surface area contributed by atoms with E-state index in [0.717, 1.165) is 22.7 Å². The highest BCUT2D eigenvalue weighted by molar-refractivity contribution is 6.04. The summed E-state index contributed by atoms with van der Waals surface area (Å²) in [6.07, 6.45) is 1.56. The lowest BCUT2D eigenvalue weighted by Gasteiger charge is -2.23. The first-order chi connectivity index (χ1) is 13.4. The van der Waals surface area contributed by atoms with E-state index in [2.05, 4.69) is 36.4 Å². The molecule has 3 rings (SSSR count). The summed E-state index contributed by atoms with van der Waals surface area (Å²) in [5.74, 6) is 1.18. The van der Waals surface area contributed by atoms with E-state index < -0.39 is 0 Å². The number of amides is 1. The molecule has 0 radical (unpaired) electrons. The standard InChI is InChI=1S/C23H25N3O2/c1-23(2,3)17-9-5-6-10-18(17)26-22(27)16-13-14-21(24-15-16)25-19-11-7-8-12-20(19)28-4/h5-15H,1-4H3,(H,24,25)(H,26,27). The molecule has 144 valence electrons. The van der Waals surface area contributed by atoms with Gasteiger partial charge in [-0.1, -0.05) is 51.1 Å². The third-order valence-electron chi connectivity index (χ3n) is 4.38. The number of anilines is 3. The van der Waals surface area contributed by atoms with Crippen molar-refractivity contribution in [3.8, 4) is 5.75 Å². The van der Waals surface area contributed by atoms with Crippen molar-refractivity contribution in [2.75, 3.05) is 17.7 Å². The average molecular weight is 375 g/mol. The molecule has 2 aromatic carbocycles. The van der Waals surface area contributed by atoms with Crippen LogP contribution in [0.15, 0.2) is 66.9 Å². The number of aromatic nitrogens is 1. The van der Waals surface area contributed by atoms with E-state index in [0.29, 0.717) is 11.4 Å². The third kappa shape index (κ3) is 4.49. The predicted molar refractivity (Wildman–Crippen MR) is 114 cm³/mol. The molecule has 0 fully saturated rings. The van der Waals surface area contributed by atoms with Crippen molar-refractivity contribution >= 4 is 23.1 Å². The summed E-state index contributed by atoms with van der Waals surface area (Å²) in [5.41, 5.74) is 3.15. The summed E-state index contributed by atoms with van der Waals surface area (Å²) in [6.45, 7) is 6.37. The van der Waals surface area contributed by atoms with Crippen LogP contribution >= 0.6 is 0 Å². The van der Waals surface area contributed by atoms with E-state index in [-0.39, 0.29) is 11.3 Å². The van der Waals surface area contributed by atoms with Crippen molar-refractivity contribution in [1.82, 2.24) is 4.98 Å². The van der Waals surface area contributed by atoms with Crippen LogP contribution < -0.4 is 15.4 Å². The maximum Gasteiger partial charge on any atom is 0.257 e. The normalized spacial score (nSPS) is 11.0. The highest BCUT2D eigenvalue weighted by atomic mass is 16.5. The quantitative estimate of drug-likeness (QED) is 0.628. The minimum absolute atomic E-state index is 0.0648. The van der Waals surface area contributed by atoms with E-state index in [4.69, 9.17) is 4.74 Å². The fourth-order valence-corrected chi connectivity index (χ4v) is 2.93. The van der Waals surface area contributed by atoms with Gasteiger partial charge in [-0.05, 0) is 41.3 Å². The SMILES string of the molecule is COc1ccccc1Nc1ccc(C(=O)Nc2ccccc2C(C)(C)C)cn1. The molecule has 1 amide bonds. The van der Waals surface area contributed by atoms with Crippen molar-refractivity contribution in [3.63, 3.8) is 0 Å². The smallest absolute Gasteiger partial charge is 0.257 e. The summed E-state index contributed by atoms with van der Waals surface area (Å²) < 4.78 is 5.33. The Labute approximate surface area is 165 Å². The van der Waals surface area contributed by atoms with Crippen LogP contribution in [0, 0.1) is 0 Å². The van der Waals surface area contributed by atoms with E-state index in [1.165, 1.54) is 0 Å². The summed E-state index contributed by atoms with van der Waals surface area (Å²) in [4.78, 5) is 17.0. The number of pyridine rings is 1. The molecule has 0 atom stereocenters. The number of hydrogen-bond donors (Lipinski definition) is 2. The second kappa shape index (κ2) is 8.13. The molecule has 0 aliphatic carbocycles. The summed E-state index contributed by atoms with van der Waals surface area (Å²) in [7, 11) is 1.62. The molecular formula is C23H25N3O2. The topological polar surface area (TPSA) is 63.2 Å². The van der Waals surface area contributed by atoms with Crippen molar-refractivity contribution < 1.29 is 9.53 Å². The second-order valence-electron chi connectivity index (χ2n) is 7.51. The number of ether oxygens (including phenoxy) is 1. The molecule has 28 heavy (non-hydrogen) atoms. The number of methoxy groups -OCH3 is 1. The van der Waals surface area contributed by atoms with Crippen molar-refractivity contribution in [2.24, 2.45) is 0 Å². The lowest BCUT2D eigenvalue weighted by Crippen LogP contribution is -2.18. The molecule has 0 spiro atoms. The fraction of sp³-hybridized carbons (Fsp3) is 0.217. The van der Waals surface area contributed by atoms with Gasteiger partial charge in [-0.3, -0.25) is 4.79 Å². The summed E-state index contributed by atoms with van der Waals surface area (Å²) >= 11 is 0. The Morgan fingerprint density at radius 1 is 0.929 bits per heavy atom. The Bertz CT molecular complexity index is 960. The lowest BCUT2D eigenvalue weighted by molar-refractivity contribution is 0.102. The average Bonchev–Trinajstić information content (AvgIpc) is 2.68. The first-order valence-corrected chi connectivity index (χ1v) is 9.15. The molecule has 1 heterocycles. The highest BCUT2D eigenvalue weighted by Gasteiger charge is 2.19. The van der Waals surface area contributed by atoms with E-state index >= 15 is 0 Å². The van der Waals surface area contributed by atoms with Gasteiger partial charge in [0.25, 0.3) is 5.91 Å². The van der Waals surface area contributed by atoms with Gasteiger partial charge in [-0.15, -0.1) is 0 Å². The Morgan fingerprint density at radius 2 is 1.61 bits per heavy atom. The van der Waals surface area contributed by atoms with Crippen LogP contribution in [0.25, 0.3) is 0 Å². The lowest BCUT2D eigenvalue weighted by atomic mass is 9.86. The van der Waals surface area contributed by atoms with Gasteiger partial charge in [0.2, 0.25) is 0 Å². The molecule has 3 aromatic rings. The molecular weight excluding hydrogens is 350 g/mol. The Kier molecular flexibility index (Phi) is 5.64. The van der Waals surface area contributed by atoms with Crippen LogP contribution in [-0.4, -0.2) is 18.0 Å². The number of benzene rings is 2. The number of carbonyl (C=O) groups excluding carboxylic acids is 1. The van der Waals surface area contributed by atoms with Crippen molar-refractivity contribution in [3.05, 3.63) is 78.0 Å². The molecule has 0 unspecified atom stereocenters. The van der Waals surface area contributed by atoms with Gasteiger partial charge in [0.05, 0.1) is 18.4 Å². The molecule has 0 bridgehead atoms. The third-order valence-corrected chi connectivity index (χ3v) is 4.38. The van der Waals surface area contributed by atoms with Gasteiger partial charge in [0, 0.05) is 11.9 Å². The summed E-state index contributed by atoms with van der Waals surface area (Å²) in [6, 6.07) is 19.0. The Morgan fingerprint density at radius 3 is 2.25 bits per heavy atom. The summed E-state index contributed by atoms with van der Waals surface area (Å²) in [5, 5.41) is 6.20. The largest absolute Gasteiger partial charge is 0.495 e. The Hall–Kier alpha value is -3.34. The zero-order valence-corrected chi connectivity index (χ0v) is 16.6. The molecule has 1 aromatic heterocycles. The van der Waals surface area contributed by atoms with E-state index in [1.807, 2.05) is 48.5 Å². The van der Waals surface area contributed by atoms with Crippen LogP contribution in [0.2, 0.25) is 0 Å². The number of nitrogens with zero attached hydrogens (tertiary/aromatic N) is 1. The van der Waals surface area contributed by atoms with Crippen LogP contribution in [0.5, 0.6) is 5.75 Å². The van der Waals surface area contributed by atoms with Crippen LogP contribution in [-0.2, 0) is 5.41 Å². The monoisotopic (exact) mass is 375 g/mol. The van der Waals surface area contributed by atoms with Crippen LogP contribution in [0.4, 0.5) is 17.2 Å². The van der Waals surface area contributed by atoms with Gasteiger partial charge in [-0.2, -0.15) is 0 Å². The van der Waals surface area contributed by atoms with Gasteiger partial charge in [-0.25, -0.2) is 4.98 Å². The number of hydrogen-bond acceptors (Lipinski definition) is 4. The molecule has 0 aliphatic rings. The predicted octanol–water partition coefficient (Wildman–Crippen LogP) is 5.38. The molecule has 0 saturated carbocycles. The number of rotatable bonds is 5. The number of carbonyl (C=O) groups is 1. The number of nitrogens with one attached hydrogen (secondary N) is 2. The Balaban J connectivity index is 1.75. The molecule has 5 heteroatoms. The minimum atomic E-state index is -0.187. The van der Waals surface area contributed by atoms with Crippen LogP contribution in [0.1, 0.15) is 36.7 Å². The number of para-hydroxylation sites is 3. The first-order valence-electron chi connectivity index (χ1n) is 9.15. The van der Waals surface area contributed by atoms with Crippen LogP contribution in [0.3, 0.4) is 0 Å². The zero-order chi connectivity index (χ0) is 20.1. The molecule has 5 nitrogen and oxygen atoms in total. The van der Waals surface area contributed by atoms with Gasteiger partial charge in [0.1, 0.15) is 11.6 Å². The fourth-order valence-electron chi connectivity index (χ4n) is 2.93. The van der Waals surface area contributed by atoms with Crippen molar-refractivity contribution in [1.29, 1.82) is 0 Å². The molecule has 0 aliphatic heterocycles. The first kappa shape index (κ1) is 19.4. The van der Waals surface area contributed by atoms with E-state index in [9.17, 15) is 4.79 Å². The molecule has 0 saturated heterocycles. The van der Waals surface area contributed by atoms with E-state index in [1.54, 1.807) is 25.4 Å². The maximum absolute atomic E-state index is 12.7. The molecule has 2 N–H and O–H groups in total. The highest BCUT2D eigenvalue weighted by Crippen LogP contribution is 2.30.